The number of carbonyl (C=O) groups is 3. The topological polar surface area (TPSA) is 244 Å². The van der Waals surface area contributed by atoms with Crippen LogP contribution in [0.15, 0.2) is 72.8 Å². The molecule has 0 aliphatic rings. The van der Waals surface area contributed by atoms with Crippen LogP contribution in [0.3, 0.4) is 0 Å². The molecule has 0 aliphatic heterocycles. The van der Waals surface area contributed by atoms with Gasteiger partial charge < -0.3 is 26.2 Å². The van der Waals surface area contributed by atoms with Gasteiger partial charge in [-0.3, -0.25) is 29.9 Å². The van der Waals surface area contributed by atoms with Gasteiger partial charge in [0.25, 0.3) is 5.69 Å². The molecular weight excluding hydrogens is 668 g/mol. The van der Waals surface area contributed by atoms with Crippen molar-refractivity contribution in [3.8, 4) is 5.75 Å². The van der Waals surface area contributed by atoms with Crippen LogP contribution in [-0.4, -0.2) is 59.8 Å². The SMILES string of the molecule is CC(C)(C)OC(=O)CC[C@H](NC(=O)C(CCc1ccc(O)cc1)NS(=O)(=O)Cc1ccc([N+](=O)[O-])cc1)C(=O)NCc1ccc(C(=N)N)cc1. The zero-order valence-electron chi connectivity index (χ0n) is 28.0. The fourth-order valence-corrected chi connectivity index (χ4v) is 6.09. The Morgan fingerprint density at radius 2 is 1.48 bits per heavy atom. The van der Waals surface area contributed by atoms with Crippen molar-refractivity contribution in [1.29, 1.82) is 5.41 Å². The number of esters is 1. The molecule has 15 nitrogen and oxygen atoms in total. The lowest BCUT2D eigenvalue weighted by Gasteiger charge is -2.24. The van der Waals surface area contributed by atoms with Gasteiger partial charge in [-0.1, -0.05) is 48.5 Å². The van der Waals surface area contributed by atoms with Gasteiger partial charge >= 0.3 is 5.97 Å². The molecule has 0 spiro atoms. The molecule has 50 heavy (non-hydrogen) atoms. The number of nitrogens with two attached hydrogens (primary N) is 1. The Morgan fingerprint density at radius 3 is 2.04 bits per heavy atom. The third kappa shape index (κ3) is 13.3. The minimum absolute atomic E-state index is 0.0282. The van der Waals surface area contributed by atoms with Gasteiger partial charge in [0.1, 0.15) is 29.3 Å². The number of amidine groups is 1. The summed E-state index contributed by atoms with van der Waals surface area (Å²) in [6, 6.07) is 15.0. The van der Waals surface area contributed by atoms with Crippen molar-refractivity contribution >= 4 is 39.3 Å². The summed E-state index contributed by atoms with van der Waals surface area (Å²) in [4.78, 5) is 50.1. The number of sulfonamides is 1. The van der Waals surface area contributed by atoms with Crippen LogP contribution in [0.1, 0.15) is 62.3 Å². The number of hydrogen-bond acceptors (Lipinski definition) is 10. The first-order chi connectivity index (χ1) is 23.4. The lowest BCUT2D eigenvalue weighted by atomic mass is 10.0. The van der Waals surface area contributed by atoms with Crippen LogP contribution in [0.2, 0.25) is 0 Å². The number of aromatic hydroxyl groups is 1. The van der Waals surface area contributed by atoms with E-state index in [4.69, 9.17) is 15.9 Å². The van der Waals surface area contributed by atoms with E-state index in [9.17, 15) is 38.0 Å². The number of carbonyl (C=O) groups excluding carboxylic acids is 3. The van der Waals surface area contributed by atoms with Crippen molar-refractivity contribution in [1.82, 2.24) is 15.4 Å². The van der Waals surface area contributed by atoms with Crippen LogP contribution >= 0.6 is 0 Å². The summed E-state index contributed by atoms with van der Waals surface area (Å²) in [5.41, 5.74) is 6.62. The number of benzene rings is 3. The summed E-state index contributed by atoms with van der Waals surface area (Å²) in [6.45, 7) is 5.11. The molecule has 0 radical (unpaired) electrons. The quantitative estimate of drug-likeness (QED) is 0.0393. The number of amides is 2. The molecule has 0 saturated carbocycles. The predicted octanol–water partition coefficient (Wildman–Crippen LogP) is 2.93. The second kappa shape index (κ2) is 17.3. The second-order valence-electron chi connectivity index (χ2n) is 12.6. The first-order valence-corrected chi connectivity index (χ1v) is 17.3. The number of phenols is 1. The Labute approximate surface area is 290 Å². The fourth-order valence-electron chi connectivity index (χ4n) is 4.72. The second-order valence-corrected chi connectivity index (χ2v) is 14.3. The first kappa shape index (κ1) is 39.1. The van der Waals surface area contributed by atoms with Gasteiger partial charge in [0.05, 0.1) is 10.7 Å². The Bertz CT molecular complexity index is 1770. The highest BCUT2D eigenvalue weighted by atomic mass is 32.2. The number of rotatable bonds is 17. The molecule has 3 aromatic carbocycles. The van der Waals surface area contributed by atoms with Crippen molar-refractivity contribution in [2.45, 2.75) is 76.4 Å². The maximum absolute atomic E-state index is 13.8. The molecule has 0 aromatic heterocycles. The fraction of sp³-hybridized carbons (Fsp3) is 0.353. The molecule has 0 aliphatic carbocycles. The molecule has 2 atom stereocenters. The van der Waals surface area contributed by atoms with Crippen LogP contribution in [-0.2, 0) is 47.9 Å². The molecule has 1 unspecified atom stereocenters. The van der Waals surface area contributed by atoms with E-state index in [0.29, 0.717) is 16.7 Å². The van der Waals surface area contributed by atoms with Gasteiger partial charge in [0, 0.05) is 30.7 Å². The number of phenolic OH excluding ortho intramolecular Hbond substituents is 1. The number of nitrogens with zero attached hydrogens (tertiary/aromatic N) is 1. The maximum Gasteiger partial charge on any atom is 0.306 e. The minimum atomic E-state index is -4.20. The van der Waals surface area contributed by atoms with Gasteiger partial charge in [-0.15, -0.1) is 0 Å². The number of nitrogen functional groups attached to an aromatic ring is 1. The van der Waals surface area contributed by atoms with E-state index in [1.54, 1.807) is 57.2 Å². The normalized spacial score (nSPS) is 12.7. The molecule has 0 bridgehead atoms. The molecule has 7 N–H and O–H groups in total. The summed E-state index contributed by atoms with van der Waals surface area (Å²) in [5, 5.41) is 33.5. The summed E-state index contributed by atoms with van der Waals surface area (Å²) in [5.74, 6) is -2.74. The van der Waals surface area contributed by atoms with E-state index in [2.05, 4.69) is 15.4 Å². The lowest BCUT2D eigenvalue weighted by molar-refractivity contribution is -0.384. The molecule has 3 rings (SSSR count). The van der Waals surface area contributed by atoms with Crippen molar-refractivity contribution < 1.29 is 37.6 Å². The number of non-ortho nitro benzene ring substituents is 1. The zero-order chi connectivity index (χ0) is 37.1. The summed E-state index contributed by atoms with van der Waals surface area (Å²) < 4.78 is 34.3. The van der Waals surface area contributed by atoms with E-state index < -0.39 is 56.2 Å². The molecule has 16 heteroatoms. The van der Waals surface area contributed by atoms with E-state index in [1.807, 2.05) is 0 Å². The van der Waals surface area contributed by atoms with Crippen molar-refractivity contribution in [2.75, 3.05) is 0 Å². The average molecular weight is 711 g/mol. The van der Waals surface area contributed by atoms with E-state index in [0.717, 1.165) is 0 Å². The van der Waals surface area contributed by atoms with Crippen LogP contribution in [0, 0.1) is 15.5 Å². The molecule has 2 amide bonds. The third-order valence-corrected chi connectivity index (χ3v) is 8.58. The Morgan fingerprint density at radius 1 is 0.900 bits per heavy atom. The van der Waals surface area contributed by atoms with Crippen molar-refractivity contribution in [2.24, 2.45) is 5.73 Å². The standard InChI is InChI=1S/C34H42N6O9S/c1-34(2,3)49-30(42)19-18-28(32(43)37-20-23-4-11-25(12-5-23)31(35)36)38-33(44)29(17-10-22-8-15-27(41)16-9-22)39-50(47,48)21-24-6-13-26(14-7-24)40(45)46/h4-9,11-16,28-29,39,41H,10,17-21H2,1-3H3,(H3,35,36)(H,37,43)(H,38,44)/t28-,29?/m0/s1. The number of hydrogen-bond donors (Lipinski definition) is 6. The number of nitrogens with one attached hydrogen (secondary N) is 4. The van der Waals surface area contributed by atoms with Gasteiger partial charge in [0.15, 0.2) is 0 Å². The highest BCUT2D eigenvalue weighted by molar-refractivity contribution is 7.88. The highest BCUT2D eigenvalue weighted by Gasteiger charge is 2.30. The molecule has 3 aromatic rings. The smallest absolute Gasteiger partial charge is 0.306 e. The number of ether oxygens (including phenoxy) is 1. The summed E-state index contributed by atoms with van der Waals surface area (Å²) >= 11 is 0. The monoisotopic (exact) mass is 710 g/mol. The predicted molar refractivity (Wildman–Crippen MR) is 185 cm³/mol. The van der Waals surface area contributed by atoms with Crippen LogP contribution in [0.25, 0.3) is 0 Å². The van der Waals surface area contributed by atoms with Crippen molar-refractivity contribution in [3.05, 3.63) is 105 Å². The molecular formula is C34H42N6O9S. The average Bonchev–Trinajstić information content (AvgIpc) is 3.03. The third-order valence-electron chi connectivity index (χ3n) is 7.22. The molecule has 0 heterocycles. The Balaban J connectivity index is 1.82. The van der Waals surface area contributed by atoms with Crippen LogP contribution < -0.4 is 21.1 Å². The number of aryl methyl sites for hydroxylation is 1. The molecule has 268 valence electrons. The van der Waals surface area contributed by atoms with Crippen LogP contribution in [0.5, 0.6) is 5.75 Å². The first-order valence-electron chi connectivity index (χ1n) is 15.7. The molecule has 0 saturated heterocycles. The summed E-state index contributed by atoms with van der Waals surface area (Å²) in [7, 11) is -4.20. The van der Waals surface area contributed by atoms with Crippen LogP contribution in [0.4, 0.5) is 5.69 Å². The maximum atomic E-state index is 13.8. The van der Waals surface area contributed by atoms with Gasteiger partial charge in [-0.05, 0) is 68.9 Å². The molecule has 0 fully saturated rings. The van der Waals surface area contributed by atoms with Gasteiger partial charge in [-0.25, -0.2) is 13.1 Å². The van der Waals surface area contributed by atoms with Gasteiger partial charge in [-0.2, -0.15) is 0 Å². The van der Waals surface area contributed by atoms with E-state index >= 15 is 0 Å². The Kier molecular flexibility index (Phi) is 13.6. The number of nitro benzene ring substituents is 1. The largest absolute Gasteiger partial charge is 0.508 e. The van der Waals surface area contributed by atoms with Crippen molar-refractivity contribution in [3.63, 3.8) is 0 Å². The number of nitro groups is 1. The van der Waals surface area contributed by atoms with Gasteiger partial charge in [0.2, 0.25) is 21.8 Å². The zero-order valence-corrected chi connectivity index (χ0v) is 28.8. The minimum Gasteiger partial charge on any atom is -0.508 e. The van der Waals surface area contributed by atoms with E-state index in [-0.39, 0.29) is 55.1 Å². The highest BCUT2D eigenvalue weighted by Crippen LogP contribution is 2.17. The summed E-state index contributed by atoms with van der Waals surface area (Å²) in [6.07, 6.45) is -0.217. The Hall–Kier alpha value is -5.35. The van der Waals surface area contributed by atoms with E-state index in [1.165, 1.54) is 36.4 Å². The lowest BCUT2D eigenvalue weighted by Crippen LogP contribution is -2.54.